The first kappa shape index (κ1) is 14.6. The van der Waals surface area contributed by atoms with Gasteiger partial charge in [-0.25, -0.2) is 0 Å². The third-order valence-corrected chi connectivity index (χ3v) is 4.72. The van der Waals surface area contributed by atoms with E-state index in [2.05, 4.69) is 66.5 Å². The average Bonchev–Trinajstić information content (AvgIpc) is 2.53. The molecule has 2 nitrogen and oxygen atoms in total. The lowest BCUT2D eigenvalue weighted by atomic mass is 10.0. The highest BCUT2D eigenvalue weighted by Gasteiger charge is 2.20. The number of likely N-dealkylation sites (tertiary alicyclic amines) is 1. The minimum absolute atomic E-state index is 0.666. The molecular weight excluding hydrogens is 256 g/mol. The summed E-state index contributed by atoms with van der Waals surface area (Å²) < 4.78 is 0. The van der Waals surface area contributed by atoms with Gasteiger partial charge in [0.1, 0.15) is 0 Å². The first-order valence-corrected chi connectivity index (χ1v) is 8.18. The second-order valence-electron chi connectivity index (χ2n) is 6.42. The van der Waals surface area contributed by atoms with Gasteiger partial charge >= 0.3 is 0 Å². The third kappa shape index (κ3) is 3.45. The van der Waals surface area contributed by atoms with E-state index < -0.39 is 0 Å². The lowest BCUT2D eigenvalue weighted by molar-refractivity contribution is 0.161. The Bertz CT molecular complexity index is 578. The predicted octanol–water partition coefficient (Wildman–Crippen LogP) is 3.80. The number of rotatable bonds is 4. The molecule has 3 rings (SSSR count). The Balaban J connectivity index is 1.60. The summed E-state index contributed by atoms with van der Waals surface area (Å²) in [7, 11) is 0. The Kier molecular flexibility index (Phi) is 4.57. The monoisotopic (exact) mass is 282 g/mol. The zero-order chi connectivity index (χ0) is 14.7. The number of hydrogen-bond acceptors (Lipinski definition) is 2. The van der Waals surface area contributed by atoms with Crippen molar-refractivity contribution >= 4 is 10.8 Å². The summed E-state index contributed by atoms with van der Waals surface area (Å²) in [6.45, 7) is 8.02. The standard InChI is InChI=1S/C19H26N2/c1-15(2)21-12-10-18(11-13-21)20-14-17-8-5-7-16-6-3-4-9-19(16)17/h3-9,15,18,20H,10-14H2,1-2H3. The minimum Gasteiger partial charge on any atom is -0.310 e. The second kappa shape index (κ2) is 6.59. The maximum Gasteiger partial charge on any atom is 0.0214 e. The quantitative estimate of drug-likeness (QED) is 0.917. The molecule has 0 aromatic heterocycles. The van der Waals surface area contributed by atoms with Crippen molar-refractivity contribution in [3.8, 4) is 0 Å². The fourth-order valence-electron chi connectivity index (χ4n) is 3.32. The normalized spacial score (nSPS) is 17.7. The van der Waals surface area contributed by atoms with Gasteiger partial charge in [-0.05, 0) is 56.1 Å². The van der Waals surface area contributed by atoms with Crippen molar-refractivity contribution in [3.05, 3.63) is 48.0 Å². The van der Waals surface area contributed by atoms with Gasteiger partial charge in [-0.2, -0.15) is 0 Å². The summed E-state index contributed by atoms with van der Waals surface area (Å²) in [6, 6.07) is 16.6. The van der Waals surface area contributed by atoms with Crippen molar-refractivity contribution in [1.82, 2.24) is 10.2 Å². The van der Waals surface area contributed by atoms with E-state index in [0.717, 1.165) is 6.54 Å². The molecule has 0 saturated carbocycles. The Labute approximate surface area is 128 Å². The highest BCUT2D eigenvalue weighted by Crippen LogP contribution is 2.19. The van der Waals surface area contributed by atoms with Gasteiger partial charge in [0.2, 0.25) is 0 Å². The van der Waals surface area contributed by atoms with E-state index in [0.29, 0.717) is 12.1 Å². The van der Waals surface area contributed by atoms with Gasteiger partial charge < -0.3 is 10.2 Å². The highest BCUT2D eigenvalue weighted by molar-refractivity contribution is 5.85. The van der Waals surface area contributed by atoms with Crippen LogP contribution in [0.3, 0.4) is 0 Å². The zero-order valence-corrected chi connectivity index (χ0v) is 13.2. The van der Waals surface area contributed by atoms with Crippen LogP contribution in [0.25, 0.3) is 10.8 Å². The first-order valence-electron chi connectivity index (χ1n) is 8.18. The van der Waals surface area contributed by atoms with Gasteiger partial charge in [-0.3, -0.25) is 0 Å². The number of nitrogens with one attached hydrogen (secondary N) is 1. The SMILES string of the molecule is CC(C)N1CCC(NCc2cccc3ccccc23)CC1. The summed E-state index contributed by atoms with van der Waals surface area (Å²) in [6.07, 6.45) is 2.53. The Hall–Kier alpha value is -1.38. The van der Waals surface area contributed by atoms with Crippen LogP contribution >= 0.6 is 0 Å². The van der Waals surface area contributed by atoms with Crippen molar-refractivity contribution in [2.75, 3.05) is 13.1 Å². The fourth-order valence-corrected chi connectivity index (χ4v) is 3.32. The van der Waals surface area contributed by atoms with Crippen molar-refractivity contribution in [1.29, 1.82) is 0 Å². The molecule has 2 aromatic carbocycles. The number of piperidine rings is 1. The van der Waals surface area contributed by atoms with Crippen molar-refractivity contribution in [2.24, 2.45) is 0 Å². The molecule has 0 bridgehead atoms. The van der Waals surface area contributed by atoms with Crippen LogP contribution in [-0.2, 0) is 6.54 Å². The molecule has 0 amide bonds. The van der Waals surface area contributed by atoms with E-state index >= 15 is 0 Å². The summed E-state index contributed by atoms with van der Waals surface area (Å²) in [5.74, 6) is 0. The molecular formula is C19H26N2. The largest absolute Gasteiger partial charge is 0.310 e. The maximum atomic E-state index is 3.76. The van der Waals surface area contributed by atoms with Gasteiger partial charge in [0, 0.05) is 18.6 Å². The molecule has 2 aromatic rings. The van der Waals surface area contributed by atoms with Gasteiger partial charge in [-0.1, -0.05) is 42.5 Å². The molecule has 1 aliphatic heterocycles. The smallest absolute Gasteiger partial charge is 0.0214 e. The Morgan fingerprint density at radius 1 is 1.05 bits per heavy atom. The Morgan fingerprint density at radius 2 is 1.76 bits per heavy atom. The summed E-state index contributed by atoms with van der Waals surface area (Å²) in [5.41, 5.74) is 1.42. The van der Waals surface area contributed by atoms with E-state index in [1.165, 1.54) is 42.3 Å². The molecule has 1 saturated heterocycles. The van der Waals surface area contributed by atoms with Gasteiger partial charge in [0.05, 0.1) is 0 Å². The topological polar surface area (TPSA) is 15.3 Å². The summed E-state index contributed by atoms with van der Waals surface area (Å²) >= 11 is 0. The molecule has 1 aliphatic rings. The molecule has 1 heterocycles. The number of nitrogens with zero attached hydrogens (tertiary/aromatic N) is 1. The number of fused-ring (bicyclic) bond motifs is 1. The molecule has 0 radical (unpaired) electrons. The van der Waals surface area contributed by atoms with Crippen molar-refractivity contribution in [3.63, 3.8) is 0 Å². The molecule has 0 unspecified atom stereocenters. The van der Waals surface area contributed by atoms with E-state index in [4.69, 9.17) is 0 Å². The van der Waals surface area contributed by atoms with Crippen LogP contribution in [0.5, 0.6) is 0 Å². The number of hydrogen-bond donors (Lipinski definition) is 1. The highest BCUT2D eigenvalue weighted by atomic mass is 15.2. The van der Waals surface area contributed by atoms with Crippen LogP contribution < -0.4 is 5.32 Å². The van der Waals surface area contributed by atoms with E-state index in [9.17, 15) is 0 Å². The van der Waals surface area contributed by atoms with Crippen LogP contribution in [0.2, 0.25) is 0 Å². The molecule has 21 heavy (non-hydrogen) atoms. The van der Waals surface area contributed by atoms with Crippen LogP contribution in [-0.4, -0.2) is 30.1 Å². The molecule has 112 valence electrons. The summed E-state index contributed by atoms with van der Waals surface area (Å²) in [4.78, 5) is 2.58. The predicted molar refractivity (Wildman–Crippen MR) is 90.5 cm³/mol. The minimum atomic E-state index is 0.666. The first-order chi connectivity index (χ1) is 10.2. The zero-order valence-electron chi connectivity index (χ0n) is 13.2. The maximum absolute atomic E-state index is 3.76. The van der Waals surface area contributed by atoms with Crippen molar-refractivity contribution in [2.45, 2.75) is 45.3 Å². The lowest BCUT2D eigenvalue weighted by Gasteiger charge is -2.35. The molecule has 2 heteroatoms. The molecule has 0 atom stereocenters. The summed E-state index contributed by atoms with van der Waals surface area (Å²) in [5, 5.41) is 6.48. The molecule has 1 N–H and O–H groups in total. The fraction of sp³-hybridized carbons (Fsp3) is 0.474. The van der Waals surface area contributed by atoms with Crippen LogP contribution in [0.1, 0.15) is 32.3 Å². The van der Waals surface area contributed by atoms with E-state index in [1.54, 1.807) is 0 Å². The van der Waals surface area contributed by atoms with Crippen LogP contribution in [0.4, 0.5) is 0 Å². The van der Waals surface area contributed by atoms with Gasteiger partial charge in [0.25, 0.3) is 0 Å². The molecule has 0 aliphatic carbocycles. The van der Waals surface area contributed by atoms with Crippen LogP contribution in [0.15, 0.2) is 42.5 Å². The lowest BCUT2D eigenvalue weighted by Crippen LogP contribution is -2.44. The third-order valence-electron chi connectivity index (χ3n) is 4.72. The van der Waals surface area contributed by atoms with Gasteiger partial charge in [0.15, 0.2) is 0 Å². The van der Waals surface area contributed by atoms with E-state index in [-0.39, 0.29) is 0 Å². The van der Waals surface area contributed by atoms with Crippen molar-refractivity contribution < 1.29 is 0 Å². The Morgan fingerprint density at radius 3 is 2.52 bits per heavy atom. The average molecular weight is 282 g/mol. The number of benzene rings is 2. The van der Waals surface area contributed by atoms with Gasteiger partial charge in [-0.15, -0.1) is 0 Å². The van der Waals surface area contributed by atoms with E-state index in [1.807, 2.05) is 0 Å². The molecule has 0 spiro atoms. The second-order valence-corrected chi connectivity index (χ2v) is 6.42. The molecule has 1 fully saturated rings. The van der Waals surface area contributed by atoms with Crippen LogP contribution in [0, 0.1) is 0 Å².